The van der Waals surface area contributed by atoms with E-state index in [1.165, 1.54) is 37.4 Å². The molecule has 3 saturated carbocycles. The summed E-state index contributed by atoms with van der Waals surface area (Å²) < 4.78 is 13.8. The molecule has 106 valence electrons. The molecular weight excluding hydrogens is 263 g/mol. The van der Waals surface area contributed by atoms with Crippen LogP contribution in [-0.2, 0) is 4.57 Å². The molecule has 20 heavy (non-hydrogen) atoms. The molecule has 0 amide bonds. The Balaban J connectivity index is 1.58. The normalized spacial score (nSPS) is 52.2. The van der Waals surface area contributed by atoms with Crippen LogP contribution < -0.4 is 5.30 Å². The Morgan fingerprint density at radius 3 is 2.40 bits per heavy atom. The third-order valence-corrected chi connectivity index (χ3v) is 11.0. The van der Waals surface area contributed by atoms with E-state index < -0.39 is 7.14 Å². The SMILES string of the molecule is O=P1(c2ccccc2)CCC2C3CC(C4CCCC34)C21. The van der Waals surface area contributed by atoms with E-state index in [1.54, 1.807) is 0 Å². The highest BCUT2D eigenvalue weighted by Gasteiger charge is 2.65. The van der Waals surface area contributed by atoms with Crippen molar-refractivity contribution in [3.63, 3.8) is 0 Å². The Bertz CT molecular complexity index is 580. The maximum absolute atomic E-state index is 13.8. The minimum atomic E-state index is -2.12. The maximum atomic E-state index is 13.8. The highest BCUT2D eigenvalue weighted by atomic mass is 31.2. The number of rotatable bonds is 1. The fourth-order valence-electron chi connectivity index (χ4n) is 6.68. The van der Waals surface area contributed by atoms with Crippen LogP contribution in [0.2, 0.25) is 0 Å². The van der Waals surface area contributed by atoms with Crippen molar-refractivity contribution in [3.05, 3.63) is 30.3 Å². The van der Waals surface area contributed by atoms with E-state index in [9.17, 15) is 4.57 Å². The van der Waals surface area contributed by atoms with Crippen molar-refractivity contribution in [2.45, 2.75) is 37.8 Å². The molecule has 4 fully saturated rings. The van der Waals surface area contributed by atoms with Crippen LogP contribution in [0.25, 0.3) is 0 Å². The third-order valence-electron chi connectivity index (χ3n) is 7.17. The zero-order chi connectivity index (χ0) is 13.3. The molecule has 1 saturated heterocycles. The average molecular weight is 286 g/mol. The fraction of sp³-hybridized carbons (Fsp3) is 0.667. The summed E-state index contributed by atoms with van der Waals surface area (Å²) in [6.45, 7) is 0. The largest absolute Gasteiger partial charge is 0.318 e. The minimum Gasteiger partial charge on any atom is -0.318 e. The molecule has 2 bridgehead atoms. The molecule has 1 nitrogen and oxygen atoms in total. The molecule has 0 radical (unpaired) electrons. The summed E-state index contributed by atoms with van der Waals surface area (Å²) in [6, 6.07) is 10.5. The Hall–Kier alpha value is -0.550. The van der Waals surface area contributed by atoms with E-state index in [1.807, 2.05) is 0 Å². The van der Waals surface area contributed by atoms with Gasteiger partial charge in [-0.3, -0.25) is 0 Å². The molecule has 2 heteroatoms. The van der Waals surface area contributed by atoms with Gasteiger partial charge in [0.2, 0.25) is 0 Å². The van der Waals surface area contributed by atoms with Crippen LogP contribution in [0.3, 0.4) is 0 Å². The van der Waals surface area contributed by atoms with Crippen LogP contribution in [0.5, 0.6) is 0 Å². The number of fused-ring (bicyclic) bond motifs is 8. The van der Waals surface area contributed by atoms with E-state index >= 15 is 0 Å². The summed E-state index contributed by atoms with van der Waals surface area (Å²) >= 11 is 0. The van der Waals surface area contributed by atoms with Gasteiger partial charge in [0, 0.05) is 17.1 Å². The van der Waals surface area contributed by atoms with Gasteiger partial charge < -0.3 is 4.57 Å². The van der Waals surface area contributed by atoms with Gasteiger partial charge >= 0.3 is 0 Å². The first-order valence-electron chi connectivity index (χ1n) is 8.43. The summed E-state index contributed by atoms with van der Waals surface area (Å²) in [7, 11) is -2.12. The lowest BCUT2D eigenvalue weighted by atomic mass is 9.75. The van der Waals surface area contributed by atoms with E-state index in [0.29, 0.717) is 5.66 Å². The summed E-state index contributed by atoms with van der Waals surface area (Å²) in [5.74, 6) is 4.52. The zero-order valence-electron chi connectivity index (χ0n) is 11.9. The van der Waals surface area contributed by atoms with Crippen LogP contribution in [0, 0.1) is 29.6 Å². The Kier molecular flexibility index (Phi) is 2.41. The van der Waals surface area contributed by atoms with E-state index in [0.717, 1.165) is 35.8 Å². The summed E-state index contributed by atoms with van der Waals surface area (Å²) in [5, 5.41) is 1.19. The van der Waals surface area contributed by atoms with Crippen LogP contribution >= 0.6 is 7.14 Å². The Labute approximate surface area is 121 Å². The first-order chi connectivity index (χ1) is 9.79. The molecule has 4 aliphatic rings. The molecule has 1 aromatic rings. The lowest BCUT2D eigenvalue weighted by molar-refractivity contribution is 0.198. The fourth-order valence-corrected chi connectivity index (χ4v) is 10.9. The van der Waals surface area contributed by atoms with Gasteiger partial charge in [0.1, 0.15) is 7.14 Å². The zero-order valence-corrected chi connectivity index (χ0v) is 12.8. The van der Waals surface area contributed by atoms with E-state index in [4.69, 9.17) is 0 Å². The Morgan fingerprint density at radius 1 is 0.850 bits per heavy atom. The summed E-state index contributed by atoms with van der Waals surface area (Å²) in [6.07, 6.45) is 8.02. The predicted molar refractivity (Wildman–Crippen MR) is 82.9 cm³/mol. The molecule has 5 rings (SSSR count). The standard InChI is InChI=1S/C18H23OP/c19-20(12-5-2-1-3-6-12)10-9-15-16-11-17(18(15)20)14-8-4-7-13(14)16/h1-3,5-6,13-18H,4,7-11H2. The summed E-state index contributed by atoms with van der Waals surface area (Å²) in [5.41, 5.74) is 0.564. The van der Waals surface area contributed by atoms with Crippen molar-refractivity contribution in [2.75, 3.05) is 6.16 Å². The van der Waals surface area contributed by atoms with Gasteiger partial charge in [0.25, 0.3) is 0 Å². The monoisotopic (exact) mass is 286 g/mol. The van der Waals surface area contributed by atoms with Crippen LogP contribution in [0.15, 0.2) is 30.3 Å². The van der Waals surface area contributed by atoms with Crippen molar-refractivity contribution < 1.29 is 4.57 Å². The molecule has 0 N–H and O–H groups in total. The third kappa shape index (κ3) is 1.34. The van der Waals surface area contributed by atoms with E-state index in [-0.39, 0.29) is 0 Å². The molecule has 1 aromatic carbocycles. The van der Waals surface area contributed by atoms with Crippen molar-refractivity contribution in [2.24, 2.45) is 29.6 Å². The van der Waals surface area contributed by atoms with Crippen molar-refractivity contribution in [1.29, 1.82) is 0 Å². The summed E-state index contributed by atoms with van der Waals surface area (Å²) in [4.78, 5) is 0. The first kappa shape index (κ1) is 12.0. The molecular formula is C18H23OP. The van der Waals surface area contributed by atoms with Gasteiger partial charge in [-0.05, 0) is 55.3 Å². The molecule has 7 unspecified atom stereocenters. The molecule has 0 spiro atoms. The second-order valence-corrected chi connectivity index (χ2v) is 10.8. The van der Waals surface area contributed by atoms with E-state index in [2.05, 4.69) is 30.3 Å². The topological polar surface area (TPSA) is 17.1 Å². The van der Waals surface area contributed by atoms with Crippen molar-refractivity contribution in [3.8, 4) is 0 Å². The predicted octanol–water partition coefficient (Wildman–Crippen LogP) is 4.13. The molecule has 0 aromatic heterocycles. The van der Waals surface area contributed by atoms with Crippen LogP contribution in [0.4, 0.5) is 0 Å². The van der Waals surface area contributed by atoms with Gasteiger partial charge in [0.15, 0.2) is 0 Å². The van der Waals surface area contributed by atoms with Gasteiger partial charge in [-0.15, -0.1) is 0 Å². The van der Waals surface area contributed by atoms with Crippen LogP contribution in [0.1, 0.15) is 32.1 Å². The van der Waals surface area contributed by atoms with Gasteiger partial charge in [-0.1, -0.05) is 36.8 Å². The first-order valence-corrected chi connectivity index (χ1v) is 10.4. The van der Waals surface area contributed by atoms with Gasteiger partial charge in [-0.25, -0.2) is 0 Å². The number of hydrogen-bond donors (Lipinski definition) is 0. The lowest BCUT2D eigenvalue weighted by Crippen LogP contribution is -2.34. The molecule has 3 aliphatic carbocycles. The van der Waals surface area contributed by atoms with Crippen molar-refractivity contribution in [1.82, 2.24) is 0 Å². The second-order valence-electron chi connectivity index (χ2n) is 7.62. The average Bonchev–Trinajstić information content (AvgIpc) is 3.19. The second kappa shape index (κ2) is 4.01. The highest BCUT2D eigenvalue weighted by molar-refractivity contribution is 7.72. The quantitative estimate of drug-likeness (QED) is 0.709. The lowest BCUT2D eigenvalue weighted by Gasteiger charge is -2.36. The smallest absolute Gasteiger partial charge is 0.119 e. The Morgan fingerprint density at radius 2 is 1.60 bits per heavy atom. The van der Waals surface area contributed by atoms with Crippen molar-refractivity contribution >= 4 is 12.4 Å². The number of hydrogen-bond acceptors (Lipinski definition) is 1. The van der Waals surface area contributed by atoms with Gasteiger partial charge in [0.05, 0.1) is 0 Å². The maximum Gasteiger partial charge on any atom is 0.119 e. The minimum absolute atomic E-state index is 0.564. The molecule has 1 aliphatic heterocycles. The number of benzene rings is 1. The van der Waals surface area contributed by atoms with Crippen LogP contribution in [-0.4, -0.2) is 11.8 Å². The highest BCUT2D eigenvalue weighted by Crippen LogP contribution is 2.75. The van der Waals surface area contributed by atoms with Gasteiger partial charge in [-0.2, -0.15) is 0 Å². The molecule has 7 atom stereocenters. The molecule has 1 heterocycles.